The van der Waals surface area contributed by atoms with Gasteiger partial charge in [0.05, 0.1) is 10.7 Å². The molecule has 1 aliphatic carbocycles. The summed E-state index contributed by atoms with van der Waals surface area (Å²) in [6.07, 6.45) is 3.64. The summed E-state index contributed by atoms with van der Waals surface area (Å²) in [7, 11) is 0. The Morgan fingerprint density at radius 3 is 3.14 bits per heavy atom. The van der Waals surface area contributed by atoms with Crippen LogP contribution in [-0.4, -0.2) is 9.97 Å². The lowest BCUT2D eigenvalue weighted by molar-refractivity contribution is 0.450. The average Bonchev–Trinajstić information content (AvgIpc) is 3.09. The molecule has 3 aromatic rings. The second-order valence-corrected chi connectivity index (χ2v) is 6.81. The molecule has 2 N–H and O–H groups in total. The van der Waals surface area contributed by atoms with Crippen molar-refractivity contribution in [3.8, 4) is 0 Å². The van der Waals surface area contributed by atoms with Gasteiger partial charge in [-0.25, -0.2) is 4.98 Å². The average molecular weight is 297 g/mol. The van der Waals surface area contributed by atoms with Crippen LogP contribution in [0.5, 0.6) is 0 Å². The zero-order chi connectivity index (χ0) is 14.2. The maximum absolute atomic E-state index is 4.54. The summed E-state index contributed by atoms with van der Waals surface area (Å²) < 4.78 is 0. The predicted molar refractivity (Wildman–Crippen MR) is 87.7 cm³/mol. The van der Waals surface area contributed by atoms with Crippen molar-refractivity contribution < 1.29 is 0 Å². The molecule has 2 heterocycles. The maximum Gasteiger partial charge on any atom is 0.0897 e. The van der Waals surface area contributed by atoms with Crippen molar-refractivity contribution in [3.63, 3.8) is 0 Å². The van der Waals surface area contributed by atoms with E-state index in [1.54, 1.807) is 11.3 Å². The molecule has 4 heteroatoms. The molecule has 0 bridgehead atoms. The number of aromatic amines is 1. The molecule has 2 aromatic heterocycles. The number of nitrogens with zero attached hydrogens (tertiary/aromatic N) is 1. The first kappa shape index (κ1) is 13.0. The number of para-hydroxylation sites is 1. The fourth-order valence-electron chi connectivity index (χ4n) is 3.34. The van der Waals surface area contributed by atoms with Gasteiger partial charge in [0, 0.05) is 34.6 Å². The molecular weight excluding hydrogens is 278 g/mol. The largest absolute Gasteiger partial charge is 0.357 e. The van der Waals surface area contributed by atoms with Crippen LogP contribution in [0.15, 0.2) is 29.6 Å². The van der Waals surface area contributed by atoms with Crippen LogP contribution in [0.4, 0.5) is 0 Å². The van der Waals surface area contributed by atoms with Crippen LogP contribution in [0, 0.1) is 6.92 Å². The topological polar surface area (TPSA) is 40.7 Å². The highest BCUT2D eigenvalue weighted by molar-refractivity contribution is 7.09. The van der Waals surface area contributed by atoms with Crippen LogP contribution in [-0.2, 0) is 13.0 Å². The van der Waals surface area contributed by atoms with E-state index >= 15 is 0 Å². The number of H-pyrrole nitrogens is 1. The van der Waals surface area contributed by atoms with Gasteiger partial charge < -0.3 is 10.3 Å². The highest BCUT2D eigenvalue weighted by atomic mass is 32.1. The monoisotopic (exact) mass is 297 g/mol. The van der Waals surface area contributed by atoms with Gasteiger partial charge in [-0.05, 0) is 37.8 Å². The molecule has 1 aromatic carbocycles. The number of benzene rings is 1. The molecule has 0 radical (unpaired) electrons. The van der Waals surface area contributed by atoms with Gasteiger partial charge in [0.25, 0.3) is 0 Å². The second-order valence-electron chi connectivity index (χ2n) is 5.75. The Kier molecular flexibility index (Phi) is 3.28. The molecule has 0 saturated heterocycles. The number of nitrogens with one attached hydrogen (secondary N) is 2. The van der Waals surface area contributed by atoms with Crippen LogP contribution >= 0.6 is 11.3 Å². The minimum absolute atomic E-state index is 0.420. The SMILES string of the molecule is Cc1nc(CNC2CCCc3c2[nH]c2ccccc32)cs1. The van der Waals surface area contributed by atoms with Crippen molar-refractivity contribution in [1.29, 1.82) is 0 Å². The van der Waals surface area contributed by atoms with Crippen molar-refractivity contribution in [2.24, 2.45) is 0 Å². The van der Waals surface area contributed by atoms with E-state index in [-0.39, 0.29) is 0 Å². The number of thiazole rings is 1. The lowest BCUT2D eigenvalue weighted by atomic mass is 9.91. The molecule has 0 aliphatic heterocycles. The highest BCUT2D eigenvalue weighted by Crippen LogP contribution is 2.34. The van der Waals surface area contributed by atoms with Crippen LogP contribution in [0.1, 0.15) is 40.8 Å². The maximum atomic E-state index is 4.54. The number of aromatic nitrogens is 2. The molecule has 0 spiro atoms. The Labute approximate surface area is 128 Å². The lowest BCUT2D eigenvalue weighted by Gasteiger charge is -2.23. The van der Waals surface area contributed by atoms with Crippen LogP contribution in [0.2, 0.25) is 0 Å². The smallest absolute Gasteiger partial charge is 0.0897 e. The number of rotatable bonds is 3. The molecule has 3 nitrogen and oxygen atoms in total. The van der Waals surface area contributed by atoms with Crippen molar-refractivity contribution in [1.82, 2.24) is 15.3 Å². The van der Waals surface area contributed by atoms with E-state index in [4.69, 9.17) is 0 Å². The number of aryl methyl sites for hydroxylation is 2. The second kappa shape index (κ2) is 5.28. The first-order valence-corrected chi connectivity index (χ1v) is 8.43. The minimum Gasteiger partial charge on any atom is -0.357 e. The molecule has 4 rings (SSSR count). The summed E-state index contributed by atoms with van der Waals surface area (Å²) in [5.41, 5.74) is 5.31. The lowest BCUT2D eigenvalue weighted by Crippen LogP contribution is -2.25. The standard InChI is InChI=1S/C17H19N3S/c1-11-19-12(10-21-11)9-18-16-8-4-6-14-13-5-2-3-7-15(13)20-17(14)16/h2-3,5,7,10,16,18,20H,4,6,8-9H2,1H3. The Morgan fingerprint density at radius 2 is 2.29 bits per heavy atom. The molecule has 1 atom stereocenters. The zero-order valence-electron chi connectivity index (χ0n) is 12.1. The number of hydrogen-bond donors (Lipinski definition) is 2. The van der Waals surface area contributed by atoms with Gasteiger partial charge in [0.15, 0.2) is 0 Å². The summed E-state index contributed by atoms with van der Waals surface area (Å²) in [6.45, 7) is 2.91. The van der Waals surface area contributed by atoms with E-state index in [1.807, 2.05) is 0 Å². The quantitative estimate of drug-likeness (QED) is 0.764. The Balaban J connectivity index is 1.61. The third kappa shape index (κ3) is 2.39. The fourth-order valence-corrected chi connectivity index (χ4v) is 3.95. The van der Waals surface area contributed by atoms with E-state index in [1.165, 1.54) is 41.4 Å². The van der Waals surface area contributed by atoms with Gasteiger partial charge in [0.2, 0.25) is 0 Å². The van der Waals surface area contributed by atoms with Gasteiger partial charge in [0.1, 0.15) is 0 Å². The minimum atomic E-state index is 0.420. The molecule has 108 valence electrons. The summed E-state index contributed by atoms with van der Waals surface area (Å²) in [5.74, 6) is 0. The third-order valence-electron chi connectivity index (χ3n) is 4.31. The third-order valence-corrected chi connectivity index (χ3v) is 5.13. The molecular formula is C17H19N3S. The fraction of sp³-hybridized carbons (Fsp3) is 0.353. The first-order valence-electron chi connectivity index (χ1n) is 7.55. The molecule has 1 unspecified atom stereocenters. The van der Waals surface area contributed by atoms with Crippen molar-refractivity contribution in [2.75, 3.05) is 0 Å². The summed E-state index contributed by atoms with van der Waals surface area (Å²) >= 11 is 1.72. The van der Waals surface area contributed by atoms with E-state index in [9.17, 15) is 0 Å². The first-order chi connectivity index (χ1) is 10.3. The Hall–Kier alpha value is -1.65. The van der Waals surface area contributed by atoms with E-state index in [0.717, 1.165) is 17.2 Å². The molecule has 0 saturated carbocycles. The van der Waals surface area contributed by atoms with Gasteiger partial charge in [-0.15, -0.1) is 11.3 Å². The van der Waals surface area contributed by atoms with E-state index in [0.29, 0.717) is 6.04 Å². The van der Waals surface area contributed by atoms with Gasteiger partial charge in [-0.1, -0.05) is 18.2 Å². The van der Waals surface area contributed by atoms with E-state index < -0.39 is 0 Å². The van der Waals surface area contributed by atoms with Crippen LogP contribution in [0.25, 0.3) is 10.9 Å². The molecule has 21 heavy (non-hydrogen) atoms. The van der Waals surface area contributed by atoms with Crippen molar-refractivity contribution >= 4 is 22.2 Å². The summed E-state index contributed by atoms with van der Waals surface area (Å²) in [6, 6.07) is 9.06. The Bertz CT molecular complexity index is 771. The van der Waals surface area contributed by atoms with E-state index in [2.05, 4.69) is 51.9 Å². The van der Waals surface area contributed by atoms with Gasteiger partial charge in [-0.3, -0.25) is 0 Å². The molecule has 0 amide bonds. The van der Waals surface area contributed by atoms with Crippen LogP contribution < -0.4 is 5.32 Å². The molecule has 1 aliphatic rings. The normalized spacial score (nSPS) is 18.0. The highest BCUT2D eigenvalue weighted by Gasteiger charge is 2.23. The zero-order valence-corrected chi connectivity index (χ0v) is 13.0. The summed E-state index contributed by atoms with van der Waals surface area (Å²) in [4.78, 5) is 8.17. The number of hydrogen-bond acceptors (Lipinski definition) is 3. The Morgan fingerprint density at radius 1 is 1.38 bits per heavy atom. The summed E-state index contributed by atoms with van der Waals surface area (Å²) in [5, 5.41) is 8.36. The van der Waals surface area contributed by atoms with Gasteiger partial charge in [-0.2, -0.15) is 0 Å². The van der Waals surface area contributed by atoms with Crippen molar-refractivity contribution in [2.45, 2.75) is 38.8 Å². The van der Waals surface area contributed by atoms with Crippen LogP contribution in [0.3, 0.4) is 0 Å². The molecule has 0 fully saturated rings. The van der Waals surface area contributed by atoms with Crippen molar-refractivity contribution in [3.05, 3.63) is 51.6 Å². The van der Waals surface area contributed by atoms with Gasteiger partial charge >= 0.3 is 0 Å². The number of fused-ring (bicyclic) bond motifs is 3. The predicted octanol–water partition coefficient (Wildman–Crippen LogP) is 4.10.